The van der Waals surface area contributed by atoms with Crippen LogP contribution >= 0.6 is 0 Å². The zero-order chi connectivity index (χ0) is 16.3. The molecule has 0 radical (unpaired) electrons. The van der Waals surface area contributed by atoms with Gasteiger partial charge in [0.15, 0.2) is 0 Å². The SMILES string of the molecule is Cc1ccc(/C=C/S(=O)(=O)N2C[C@H](C(N)=O)CC[C@@H]2C)cc1. The number of primary amides is 1. The molecule has 0 aromatic heterocycles. The number of hydrogen-bond donors (Lipinski definition) is 1. The molecule has 1 aromatic carbocycles. The fourth-order valence-electron chi connectivity index (χ4n) is 2.58. The first-order chi connectivity index (χ1) is 10.3. The van der Waals surface area contributed by atoms with Gasteiger partial charge >= 0.3 is 0 Å². The Morgan fingerprint density at radius 1 is 1.27 bits per heavy atom. The summed E-state index contributed by atoms with van der Waals surface area (Å²) in [6.45, 7) is 4.00. The maximum Gasteiger partial charge on any atom is 0.236 e. The lowest BCUT2D eigenvalue weighted by Gasteiger charge is -2.34. The second-order valence-corrected chi connectivity index (χ2v) is 7.62. The number of rotatable bonds is 4. The van der Waals surface area contributed by atoms with Crippen LogP contribution in [0.15, 0.2) is 29.7 Å². The normalized spacial score (nSPS) is 23.7. The van der Waals surface area contributed by atoms with E-state index in [1.807, 2.05) is 38.1 Å². The summed E-state index contributed by atoms with van der Waals surface area (Å²) >= 11 is 0. The molecule has 2 rings (SSSR count). The minimum absolute atomic E-state index is 0.122. The van der Waals surface area contributed by atoms with Crippen LogP contribution in [0.5, 0.6) is 0 Å². The van der Waals surface area contributed by atoms with Gasteiger partial charge in [-0.3, -0.25) is 4.79 Å². The standard InChI is InChI=1S/C16H22N2O3S/c1-12-3-6-14(7-4-12)9-10-22(20,21)18-11-15(16(17)19)8-5-13(18)2/h3-4,6-7,9-10,13,15H,5,8,11H2,1-2H3,(H2,17,19)/b10-9+/t13-,15+/m0/s1. The van der Waals surface area contributed by atoms with Gasteiger partial charge in [0.05, 0.1) is 5.92 Å². The van der Waals surface area contributed by atoms with Gasteiger partial charge in [0, 0.05) is 18.0 Å². The predicted octanol–water partition coefficient (Wildman–Crippen LogP) is 1.88. The second kappa shape index (κ2) is 6.62. The average Bonchev–Trinajstić information content (AvgIpc) is 2.46. The van der Waals surface area contributed by atoms with E-state index in [-0.39, 0.29) is 12.6 Å². The molecular weight excluding hydrogens is 300 g/mol. The summed E-state index contributed by atoms with van der Waals surface area (Å²) in [6.07, 6.45) is 2.87. The summed E-state index contributed by atoms with van der Waals surface area (Å²) in [5.41, 5.74) is 7.26. The molecule has 2 N–H and O–H groups in total. The summed E-state index contributed by atoms with van der Waals surface area (Å²) in [7, 11) is -3.56. The molecular formula is C16H22N2O3S. The van der Waals surface area contributed by atoms with Crippen LogP contribution in [0, 0.1) is 12.8 Å². The van der Waals surface area contributed by atoms with Gasteiger partial charge in [-0.15, -0.1) is 0 Å². The Morgan fingerprint density at radius 3 is 2.50 bits per heavy atom. The molecule has 6 heteroatoms. The quantitative estimate of drug-likeness (QED) is 0.919. The van der Waals surface area contributed by atoms with E-state index < -0.39 is 21.8 Å². The summed E-state index contributed by atoms with van der Waals surface area (Å²) < 4.78 is 26.4. The topological polar surface area (TPSA) is 80.5 Å². The van der Waals surface area contributed by atoms with Crippen molar-refractivity contribution >= 4 is 22.0 Å². The van der Waals surface area contributed by atoms with Crippen molar-refractivity contribution in [3.05, 3.63) is 40.8 Å². The number of benzene rings is 1. The average molecular weight is 322 g/mol. The van der Waals surface area contributed by atoms with E-state index in [0.29, 0.717) is 12.8 Å². The molecule has 0 unspecified atom stereocenters. The van der Waals surface area contributed by atoms with E-state index in [1.165, 1.54) is 9.71 Å². The van der Waals surface area contributed by atoms with Crippen LogP contribution < -0.4 is 5.73 Å². The van der Waals surface area contributed by atoms with Crippen molar-refractivity contribution in [2.45, 2.75) is 32.7 Å². The first-order valence-electron chi connectivity index (χ1n) is 7.35. The highest BCUT2D eigenvalue weighted by Crippen LogP contribution is 2.25. The maximum absolute atomic E-state index is 12.5. The fourth-order valence-corrected chi connectivity index (χ4v) is 4.06. The van der Waals surface area contributed by atoms with Crippen LogP contribution in [0.25, 0.3) is 6.08 Å². The Morgan fingerprint density at radius 2 is 1.91 bits per heavy atom. The third kappa shape index (κ3) is 3.96. The van der Waals surface area contributed by atoms with Crippen molar-refractivity contribution in [1.29, 1.82) is 0 Å². The molecule has 0 aliphatic carbocycles. The van der Waals surface area contributed by atoms with E-state index >= 15 is 0 Å². The maximum atomic E-state index is 12.5. The Hall–Kier alpha value is -1.66. The lowest BCUT2D eigenvalue weighted by molar-refractivity contribution is -0.123. The van der Waals surface area contributed by atoms with Crippen LogP contribution in [0.4, 0.5) is 0 Å². The number of carbonyl (C=O) groups is 1. The highest BCUT2D eigenvalue weighted by atomic mass is 32.2. The monoisotopic (exact) mass is 322 g/mol. The van der Waals surface area contributed by atoms with E-state index in [2.05, 4.69) is 0 Å². The third-order valence-corrected chi connectivity index (χ3v) is 5.71. The first-order valence-corrected chi connectivity index (χ1v) is 8.86. The fraction of sp³-hybridized carbons (Fsp3) is 0.438. The van der Waals surface area contributed by atoms with Crippen LogP contribution in [-0.2, 0) is 14.8 Å². The van der Waals surface area contributed by atoms with Crippen molar-refractivity contribution in [3.63, 3.8) is 0 Å². The molecule has 0 spiro atoms. The largest absolute Gasteiger partial charge is 0.369 e. The van der Waals surface area contributed by atoms with E-state index in [4.69, 9.17) is 5.73 Å². The van der Waals surface area contributed by atoms with Crippen molar-refractivity contribution in [2.24, 2.45) is 11.7 Å². The molecule has 0 saturated carbocycles. The Labute approximate surface area is 131 Å². The predicted molar refractivity (Wildman–Crippen MR) is 87.2 cm³/mol. The van der Waals surface area contributed by atoms with Crippen molar-refractivity contribution in [1.82, 2.24) is 4.31 Å². The van der Waals surface area contributed by atoms with Gasteiger partial charge in [0.2, 0.25) is 15.9 Å². The number of hydrogen-bond acceptors (Lipinski definition) is 3. The molecule has 1 aliphatic rings. The lowest BCUT2D eigenvalue weighted by Crippen LogP contribution is -2.47. The van der Waals surface area contributed by atoms with E-state index in [1.54, 1.807) is 6.08 Å². The Bertz CT molecular complexity index is 665. The van der Waals surface area contributed by atoms with Crippen molar-refractivity contribution < 1.29 is 13.2 Å². The number of nitrogens with two attached hydrogens (primary N) is 1. The van der Waals surface area contributed by atoms with Crippen LogP contribution in [0.3, 0.4) is 0 Å². The molecule has 2 atom stereocenters. The van der Waals surface area contributed by atoms with E-state index in [9.17, 15) is 13.2 Å². The summed E-state index contributed by atoms with van der Waals surface area (Å²) in [5, 5.41) is 1.21. The molecule has 5 nitrogen and oxygen atoms in total. The third-order valence-electron chi connectivity index (χ3n) is 4.06. The molecule has 1 saturated heterocycles. The van der Waals surface area contributed by atoms with Crippen molar-refractivity contribution in [2.75, 3.05) is 6.54 Å². The van der Waals surface area contributed by atoms with Gasteiger partial charge in [-0.2, -0.15) is 4.31 Å². The van der Waals surface area contributed by atoms with Crippen molar-refractivity contribution in [3.8, 4) is 0 Å². The highest BCUT2D eigenvalue weighted by molar-refractivity contribution is 7.92. The zero-order valence-electron chi connectivity index (χ0n) is 12.9. The van der Waals surface area contributed by atoms with Crippen LogP contribution in [-0.4, -0.2) is 31.2 Å². The molecule has 1 aromatic rings. The van der Waals surface area contributed by atoms with Crippen LogP contribution in [0.1, 0.15) is 30.9 Å². The van der Waals surface area contributed by atoms with Crippen LogP contribution in [0.2, 0.25) is 0 Å². The minimum atomic E-state index is -3.56. The molecule has 120 valence electrons. The molecule has 22 heavy (non-hydrogen) atoms. The molecule has 1 amide bonds. The number of nitrogens with zero attached hydrogens (tertiary/aromatic N) is 1. The summed E-state index contributed by atoms with van der Waals surface area (Å²) in [5.74, 6) is -0.839. The number of amides is 1. The Balaban J connectivity index is 2.17. The molecule has 1 heterocycles. The zero-order valence-corrected chi connectivity index (χ0v) is 13.7. The molecule has 1 fully saturated rings. The Kier molecular flexibility index (Phi) is 5.03. The van der Waals surface area contributed by atoms with Gasteiger partial charge in [-0.05, 0) is 38.3 Å². The van der Waals surface area contributed by atoms with Gasteiger partial charge in [0.1, 0.15) is 0 Å². The number of carbonyl (C=O) groups excluding carboxylic acids is 1. The van der Waals surface area contributed by atoms with Gasteiger partial charge < -0.3 is 5.73 Å². The second-order valence-electron chi connectivity index (χ2n) is 5.85. The van der Waals surface area contributed by atoms with Gasteiger partial charge in [0.25, 0.3) is 0 Å². The first kappa shape index (κ1) is 16.7. The highest BCUT2D eigenvalue weighted by Gasteiger charge is 2.34. The molecule has 1 aliphatic heterocycles. The van der Waals surface area contributed by atoms with Gasteiger partial charge in [-0.1, -0.05) is 29.8 Å². The molecule has 0 bridgehead atoms. The minimum Gasteiger partial charge on any atom is -0.369 e. The lowest BCUT2D eigenvalue weighted by atomic mass is 9.95. The summed E-state index contributed by atoms with van der Waals surface area (Å²) in [4.78, 5) is 11.3. The van der Waals surface area contributed by atoms with E-state index in [0.717, 1.165) is 11.1 Å². The smallest absolute Gasteiger partial charge is 0.236 e. The van der Waals surface area contributed by atoms with Gasteiger partial charge in [-0.25, -0.2) is 8.42 Å². The number of piperidine rings is 1. The number of aryl methyl sites for hydroxylation is 1. The number of sulfonamides is 1. The summed E-state index contributed by atoms with van der Waals surface area (Å²) in [6, 6.07) is 7.47.